The van der Waals surface area contributed by atoms with Gasteiger partial charge in [0.1, 0.15) is 5.82 Å². The summed E-state index contributed by atoms with van der Waals surface area (Å²) in [5.74, 6) is -2.84. The molecule has 5 heteroatoms. The van der Waals surface area contributed by atoms with Crippen LogP contribution in [-0.4, -0.2) is 25.7 Å². The number of piperidine rings is 1. The summed E-state index contributed by atoms with van der Waals surface area (Å²) in [4.78, 5) is 1.77. The molecule has 0 unspecified atom stereocenters. The second-order valence-corrected chi connectivity index (χ2v) is 4.54. The molecule has 1 aliphatic heterocycles. The topological polar surface area (TPSA) is 15.3 Å². The number of benzene rings is 1. The van der Waals surface area contributed by atoms with E-state index in [2.05, 4.69) is 5.32 Å². The minimum atomic E-state index is -1.14. The zero-order chi connectivity index (χ0) is 13.1. The van der Waals surface area contributed by atoms with E-state index in [0.717, 1.165) is 25.5 Å². The minimum absolute atomic E-state index is 0.156. The van der Waals surface area contributed by atoms with Gasteiger partial charge in [-0.1, -0.05) is 6.92 Å². The molecule has 1 aliphatic rings. The van der Waals surface area contributed by atoms with Crippen molar-refractivity contribution in [3.05, 3.63) is 29.6 Å². The summed E-state index contributed by atoms with van der Waals surface area (Å²) in [7, 11) is 0. The molecule has 0 aliphatic carbocycles. The molecule has 0 atom stereocenters. The van der Waals surface area contributed by atoms with Crippen molar-refractivity contribution >= 4 is 5.69 Å². The molecular formula is C13H17F3N2. The van der Waals surface area contributed by atoms with E-state index in [0.29, 0.717) is 25.2 Å². The van der Waals surface area contributed by atoms with Crippen LogP contribution in [0.4, 0.5) is 18.9 Å². The fraction of sp³-hybridized carbons (Fsp3) is 0.538. The van der Waals surface area contributed by atoms with E-state index in [-0.39, 0.29) is 5.69 Å². The van der Waals surface area contributed by atoms with Crippen molar-refractivity contribution in [1.82, 2.24) is 5.32 Å². The normalized spacial score (nSPS) is 17.2. The molecule has 18 heavy (non-hydrogen) atoms. The van der Waals surface area contributed by atoms with Crippen LogP contribution in [0.25, 0.3) is 0 Å². The van der Waals surface area contributed by atoms with E-state index in [4.69, 9.17) is 0 Å². The number of halogens is 3. The van der Waals surface area contributed by atoms with Crippen molar-refractivity contribution < 1.29 is 13.2 Å². The van der Waals surface area contributed by atoms with Crippen LogP contribution in [0.2, 0.25) is 0 Å². The van der Waals surface area contributed by atoms with Crippen LogP contribution in [0.1, 0.15) is 19.8 Å². The highest BCUT2D eigenvalue weighted by atomic mass is 19.2. The molecule has 0 aromatic heterocycles. The quantitative estimate of drug-likeness (QED) is 0.839. The van der Waals surface area contributed by atoms with Crippen LogP contribution >= 0.6 is 0 Å². The standard InChI is InChI=1S/C13H17F3N2/c1-2-17-9-3-5-18(6-4-9)13-8-11(15)10(14)7-12(13)16/h7-9,17H,2-6H2,1H3. The van der Waals surface area contributed by atoms with Crippen LogP contribution in [-0.2, 0) is 0 Å². The average Bonchev–Trinajstić information content (AvgIpc) is 2.35. The number of anilines is 1. The Morgan fingerprint density at radius 3 is 2.33 bits per heavy atom. The van der Waals surface area contributed by atoms with Crippen LogP contribution < -0.4 is 10.2 Å². The van der Waals surface area contributed by atoms with Gasteiger partial charge in [0.25, 0.3) is 0 Å². The molecule has 1 aromatic rings. The van der Waals surface area contributed by atoms with Crippen LogP contribution in [0, 0.1) is 17.5 Å². The summed E-state index contributed by atoms with van der Waals surface area (Å²) in [6.45, 7) is 4.25. The van der Waals surface area contributed by atoms with Gasteiger partial charge in [0, 0.05) is 31.3 Å². The predicted molar refractivity (Wildman–Crippen MR) is 65.2 cm³/mol. The van der Waals surface area contributed by atoms with Crippen molar-refractivity contribution in [2.45, 2.75) is 25.8 Å². The minimum Gasteiger partial charge on any atom is -0.369 e. The first-order chi connectivity index (χ1) is 8.61. The van der Waals surface area contributed by atoms with Gasteiger partial charge in [-0.05, 0) is 19.4 Å². The number of hydrogen-bond donors (Lipinski definition) is 1. The van der Waals surface area contributed by atoms with Crippen LogP contribution in [0.5, 0.6) is 0 Å². The van der Waals surface area contributed by atoms with Crippen molar-refractivity contribution in [2.24, 2.45) is 0 Å². The molecule has 2 rings (SSSR count). The Morgan fingerprint density at radius 2 is 1.72 bits per heavy atom. The molecule has 0 saturated carbocycles. The molecule has 1 aromatic carbocycles. The lowest BCUT2D eigenvalue weighted by atomic mass is 10.0. The average molecular weight is 258 g/mol. The summed E-state index contributed by atoms with van der Waals surface area (Å²) in [5, 5.41) is 3.34. The lowest BCUT2D eigenvalue weighted by Crippen LogP contribution is -2.42. The lowest BCUT2D eigenvalue weighted by Gasteiger charge is -2.34. The van der Waals surface area contributed by atoms with Gasteiger partial charge in [0.05, 0.1) is 5.69 Å². The Kier molecular flexibility index (Phi) is 4.11. The Hall–Kier alpha value is -1.23. The number of rotatable bonds is 3. The van der Waals surface area contributed by atoms with E-state index >= 15 is 0 Å². The largest absolute Gasteiger partial charge is 0.369 e. The smallest absolute Gasteiger partial charge is 0.161 e. The molecule has 2 nitrogen and oxygen atoms in total. The first-order valence-corrected chi connectivity index (χ1v) is 6.24. The van der Waals surface area contributed by atoms with E-state index in [1.807, 2.05) is 6.92 Å². The Balaban J connectivity index is 2.07. The van der Waals surface area contributed by atoms with Crippen molar-refractivity contribution in [3.63, 3.8) is 0 Å². The maximum absolute atomic E-state index is 13.6. The van der Waals surface area contributed by atoms with E-state index in [1.165, 1.54) is 0 Å². The molecule has 0 amide bonds. The monoisotopic (exact) mass is 258 g/mol. The van der Waals surface area contributed by atoms with Gasteiger partial charge in [-0.3, -0.25) is 0 Å². The second-order valence-electron chi connectivity index (χ2n) is 4.54. The van der Waals surface area contributed by atoms with Gasteiger partial charge in [0.2, 0.25) is 0 Å². The zero-order valence-electron chi connectivity index (χ0n) is 10.3. The van der Waals surface area contributed by atoms with E-state index in [9.17, 15) is 13.2 Å². The third-order valence-corrected chi connectivity index (χ3v) is 3.32. The van der Waals surface area contributed by atoms with Gasteiger partial charge >= 0.3 is 0 Å². The molecule has 1 heterocycles. The van der Waals surface area contributed by atoms with Gasteiger partial charge in [-0.15, -0.1) is 0 Å². The summed E-state index contributed by atoms with van der Waals surface area (Å²) in [6, 6.07) is 1.99. The Morgan fingerprint density at radius 1 is 1.11 bits per heavy atom. The van der Waals surface area contributed by atoms with Crippen molar-refractivity contribution in [1.29, 1.82) is 0 Å². The lowest BCUT2D eigenvalue weighted by molar-refractivity contribution is 0.419. The van der Waals surface area contributed by atoms with Gasteiger partial charge < -0.3 is 10.2 Å². The van der Waals surface area contributed by atoms with Crippen molar-refractivity contribution in [2.75, 3.05) is 24.5 Å². The molecule has 1 N–H and O–H groups in total. The van der Waals surface area contributed by atoms with Crippen LogP contribution in [0.15, 0.2) is 12.1 Å². The summed E-state index contributed by atoms with van der Waals surface area (Å²) in [5.41, 5.74) is 0.156. The molecule has 0 radical (unpaired) electrons. The van der Waals surface area contributed by atoms with E-state index in [1.54, 1.807) is 4.90 Å². The Bertz CT molecular complexity index is 415. The first kappa shape index (κ1) is 13.2. The molecule has 0 bridgehead atoms. The molecule has 1 fully saturated rings. The fourth-order valence-corrected chi connectivity index (χ4v) is 2.37. The molecule has 1 saturated heterocycles. The third-order valence-electron chi connectivity index (χ3n) is 3.32. The summed E-state index contributed by atoms with van der Waals surface area (Å²) < 4.78 is 39.6. The van der Waals surface area contributed by atoms with E-state index < -0.39 is 17.5 Å². The SMILES string of the molecule is CCNC1CCN(c2cc(F)c(F)cc2F)CC1. The molecule has 100 valence electrons. The molecule has 0 spiro atoms. The maximum Gasteiger partial charge on any atom is 0.161 e. The maximum atomic E-state index is 13.6. The number of hydrogen-bond acceptors (Lipinski definition) is 2. The second kappa shape index (κ2) is 5.61. The Labute approximate surface area is 105 Å². The highest BCUT2D eigenvalue weighted by molar-refractivity contribution is 5.48. The molecular weight excluding hydrogens is 241 g/mol. The first-order valence-electron chi connectivity index (χ1n) is 6.24. The highest BCUT2D eigenvalue weighted by Gasteiger charge is 2.22. The van der Waals surface area contributed by atoms with Gasteiger partial charge in [-0.25, -0.2) is 13.2 Å². The van der Waals surface area contributed by atoms with Crippen molar-refractivity contribution in [3.8, 4) is 0 Å². The highest BCUT2D eigenvalue weighted by Crippen LogP contribution is 2.25. The fourth-order valence-electron chi connectivity index (χ4n) is 2.37. The van der Waals surface area contributed by atoms with Gasteiger partial charge in [0.15, 0.2) is 11.6 Å². The third kappa shape index (κ3) is 2.77. The van der Waals surface area contributed by atoms with Gasteiger partial charge in [-0.2, -0.15) is 0 Å². The summed E-state index contributed by atoms with van der Waals surface area (Å²) >= 11 is 0. The zero-order valence-corrected chi connectivity index (χ0v) is 10.3. The predicted octanol–water partition coefficient (Wildman–Crippen LogP) is 2.68. The number of nitrogens with zero attached hydrogens (tertiary/aromatic N) is 1. The number of nitrogens with one attached hydrogen (secondary N) is 1. The summed E-state index contributed by atoms with van der Waals surface area (Å²) in [6.07, 6.45) is 1.76. The van der Waals surface area contributed by atoms with Crippen LogP contribution in [0.3, 0.4) is 0 Å².